The lowest BCUT2D eigenvalue weighted by molar-refractivity contribution is 0.101. The SMILES string of the molecule is CC(C)c1cc(C(C)C)c(-c2c/c(=C3/C(=O)c4ccc(C(C)(C)C)cc4C3=O)s/c2=c2/s/c(=C3\C(=O)c4ccc(C(C)(C)C)cc4C3=O)cc2-c2c(C(C)C)cc(C(C)C)cc2C(C)C)c(C(C)C)c1. The van der Waals surface area contributed by atoms with Crippen LogP contribution < -0.4 is 9.06 Å². The first kappa shape index (κ1) is 51.1. The molecule has 2 aliphatic rings. The van der Waals surface area contributed by atoms with Gasteiger partial charge in [-0.2, -0.15) is 0 Å². The molecule has 0 bridgehead atoms. The molecule has 70 heavy (non-hydrogen) atoms. The smallest absolute Gasteiger partial charge is 0.199 e. The first-order chi connectivity index (χ1) is 32.6. The van der Waals surface area contributed by atoms with Crippen LogP contribution in [0.5, 0.6) is 0 Å². The molecule has 0 saturated heterocycles. The van der Waals surface area contributed by atoms with Crippen molar-refractivity contribution in [1.29, 1.82) is 0 Å². The minimum Gasteiger partial charge on any atom is -0.288 e. The van der Waals surface area contributed by atoms with E-state index in [2.05, 4.69) is 161 Å². The predicted octanol–water partition coefficient (Wildman–Crippen LogP) is 16.2. The normalized spacial score (nSPS) is 16.5. The maximum atomic E-state index is 14.9. The predicted molar refractivity (Wildman–Crippen MR) is 295 cm³/mol. The van der Waals surface area contributed by atoms with E-state index < -0.39 is 0 Å². The molecule has 0 amide bonds. The fourth-order valence-electron chi connectivity index (χ4n) is 10.3. The molecule has 2 aromatic heterocycles. The summed E-state index contributed by atoms with van der Waals surface area (Å²) >= 11 is 2.98. The fourth-order valence-corrected chi connectivity index (χ4v) is 12.8. The van der Waals surface area contributed by atoms with Crippen LogP contribution in [0.4, 0.5) is 0 Å². The van der Waals surface area contributed by atoms with Crippen molar-refractivity contribution in [1.82, 2.24) is 0 Å². The van der Waals surface area contributed by atoms with Gasteiger partial charge in [0, 0.05) is 42.4 Å². The van der Waals surface area contributed by atoms with E-state index >= 15 is 0 Å². The number of ketones is 4. The largest absolute Gasteiger partial charge is 0.288 e. The van der Waals surface area contributed by atoms with Gasteiger partial charge >= 0.3 is 0 Å². The topological polar surface area (TPSA) is 68.3 Å². The molecular weight excluding hydrogens is 897 g/mol. The van der Waals surface area contributed by atoms with Gasteiger partial charge in [-0.1, -0.05) is 161 Å². The van der Waals surface area contributed by atoms with Crippen molar-refractivity contribution in [3.8, 4) is 22.3 Å². The van der Waals surface area contributed by atoms with Crippen LogP contribution in [-0.4, -0.2) is 23.1 Å². The van der Waals surface area contributed by atoms with Crippen LogP contribution in [-0.2, 0) is 10.8 Å². The van der Waals surface area contributed by atoms with Gasteiger partial charge in [-0.3, -0.25) is 19.2 Å². The Labute approximate surface area is 424 Å². The lowest BCUT2D eigenvalue weighted by atomic mass is 9.81. The van der Waals surface area contributed by atoms with Crippen LogP contribution in [0.1, 0.15) is 246 Å². The standard InChI is InChI=1S/C64H72O4S2/c1-31(2)37-23-43(33(5)6)53(44(24-37)34(7)8)49-29-51(55-57(65)41-21-19-39(63(13,14)15)27-47(41)59(55)67)69-61(49)62-50(54-45(35(9)10)25-38(32(3)4)26-46(54)36(11)12)30-52(70-62)56-58(66)42-22-20-40(64(16,17)18)28-48(42)60(56)68/h19-36H,1-18H3/b55-51+,56-52+,62-61+. The number of fused-ring (bicyclic) bond motifs is 2. The summed E-state index contributed by atoms with van der Waals surface area (Å²) in [5.41, 5.74) is 15.3. The van der Waals surface area contributed by atoms with Gasteiger partial charge < -0.3 is 0 Å². The first-order valence-electron chi connectivity index (χ1n) is 25.5. The molecule has 0 aliphatic heterocycles. The van der Waals surface area contributed by atoms with Crippen molar-refractivity contribution < 1.29 is 19.2 Å². The van der Waals surface area contributed by atoms with E-state index in [0.717, 1.165) is 42.4 Å². The average molecular weight is 969 g/mol. The zero-order chi connectivity index (χ0) is 51.4. The number of carbonyl (C=O) groups excluding carboxylic acids is 4. The maximum absolute atomic E-state index is 14.9. The van der Waals surface area contributed by atoms with E-state index in [1.54, 1.807) is 0 Å². The molecule has 4 aromatic carbocycles. The van der Waals surface area contributed by atoms with E-state index in [4.69, 9.17) is 0 Å². The van der Waals surface area contributed by atoms with Gasteiger partial charge in [0.1, 0.15) is 0 Å². The van der Waals surface area contributed by atoms with Crippen molar-refractivity contribution >= 4 is 57.0 Å². The van der Waals surface area contributed by atoms with E-state index in [9.17, 15) is 19.2 Å². The highest BCUT2D eigenvalue weighted by Crippen LogP contribution is 2.45. The maximum Gasteiger partial charge on any atom is 0.199 e. The highest BCUT2D eigenvalue weighted by Gasteiger charge is 2.38. The zero-order valence-electron chi connectivity index (χ0n) is 44.8. The van der Waals surface area contributed by atoms with Gasteiger partial charge in [-0.15, -0.1) is 22.7 Å². The van der Waals surface area contributed by atoms with E-state index in [0.29, 0.717) is 43.2 Å². The minimum atomic E-state index is -0.256. The Balaban J connectivity index is 1.64. The first-order valence-corrected chi connectivity index (χ1v) is 27.1. The van der Waals surface area contributed by atoms with Gasteiger partial charge in [0.15, 0.2) is 23.1 Å². The van der Waals surface area contributed by atoms with Gasteiger partial charge in [0.2, 0.25) is 0 Å². The third-order valence-corrected chi connectivity index (χ3v) is 17.1. The lowest BCUT2D eigenvalue weighted by Crippen LogP contribution is -2.12. The molecule has 0 spiro atoms. The number of hydrogen-bond donors (Lipinski definition) is 0. The van der Waals surface area contributed by atoms with Crippen LogP contribution in [0.2, 0.25) is 0 Å². The number of Topliss-reactive ketones (excluding diaryl/α,β-unsaturated/α-hetero) is 4. The Kier molecular flexibility index (Phi) is 13.4. The summed E-state index contributed by atoms with van der Waals surface area (Å²) in [5.74, 6) is 0.171. The summed E-state index contributed by atoms with van der Waals surface area (Å²) in [6.07, 6.45) is 0. The van der Waals surface area contributed by atoms with Gasteiger partial charge in [0.05, 0.1) is 20.2 Å². The second-order valence-corrected chi connectivity index (χ2v) is 26.0. The monoisotopic (exact) mass is 968 g/mol. The molecule has 4 nitrogen and oxygen atoms in total. The van der Waals surface area contributed by atoms with Crippen LogP contribution in [0.25, 0.3) is 33.4 Å². The molecule has 2 aliphatic carbocycles. The third kappa shape index (κ3) is 8.80. The number of benzene rings is 4. The molecule has 0 radical (unpaired) electrons. The van der Waals surface area contributed by atoms with Crippen molar-refractivity contribution in [2.24, 2.45) is 0 Å². The molecule has 0 unspecified atom stereocenters. The molecule has 0 fully saturated rings. The summed E-state index contributed by atoms with van der Waals surface area (Å²) in [4.78, 5) is 59.3. The number of carbonyl (C=O) groups is 4. The Morgan fingerprint density at radius 1 is 0.343 bits per heavy atom. The van der Waals surface area contributed by atoms with E-state index in [1.807, 2.05) is 36.4 Å². The summed E-state index contributed by atoms with van der Waals surface area (Å²) in [5, 5.41) is 0. The molecular formula is C64H72O4S2. The second-order valence-electron chi connectivity index (χ2n) is 23.9. The van der Waals surface area contributed by atoms with E-state index in [1.165, 1.54) is 56.1 Å². The molecule has 8 rings (SSSR count). The zero-order valence-corrected chi connectivity index (χ0v) is 46.5. The van der Waals surface area contributed by atoms with Crippen molar-refractivity contribution in [3.63, 3.8) is 0 Å². The van der Waals surface area contributed by atoms with Gasteiger partial charge in [-0.05, 0) is 138 Å². The van der Waals surface area contributed by atoms with Crippen molar-refractivity contribution in [2.75, 3.05) is 0 Å². The lowest BCUT2D eigenvalue weighted by Gasteiger charge is -2.23. The Hall–Kier alpha value is -5.30. The molecule has 2 heterocycles. The average Bonchev–Trinajstić information content (AvgIpc) is 4.02. The van der Waals surface area contributed by atoms with Crippen LogP contribution in [0.3, 0.4) is 0 Å². The quantitative estimate of drug-likeness (QED) is 0.152. The second kappa shape index (κ2) is 18.4. The molecule has 6 heteroatoms. The molecule has 0 N–H and O–H groups in total. The van der Waals surface area contributed by atoms with Crippen molar-refractivity contribution in [2.45, 2.75) is 171 Å². The number of hydrogen-bond acceptors (Lipinski definition) is 6. The van der Waals surface area contributed by atoms with Gasteiger partial charge in [0.25, 0.3) is 0 Å². The molecule has 0 saturated carbocycles. The van der Waals surface area contributed by atoms with Crippen LogP contribution >= 0.6 is 22.7 Å². The summed E-state index contributed by atoms with van der Waals surface area (Å²) in [6, 6.07) is 25.1. The Bertz CT molecular complexity index is 3130. The minimum absolute atomic E-state index is 0.146. The molecule has 0 atom stereocenters. The number of rotatable bonds is 8. The highest BCUT2D eigenvalue weighted by molar-refractivity contribution is 7.12. The molecule has 364 valence electrons. The summed E-state index contributed by atoms with van der Waals surface area (Å²) in [6.45, 7) is 39.6. The highest BCUT2D eigenvalue weighted by atomic mass is 32.1. The molecule has 6 aromatic rings. The summed E-state index contributed by atoms with van der Waals surface area (Å²) in [7, 11) is 0. The number of thiophene rings is 2. The van der Waals surface area contributed by atoms with Crippen LogP contribution in [0.15, 0.2) is 72.8 Å². The Morgan fingerprint density at radius 2 is 0.629 bits per heavy atom. The van der Waals surface area contributed by atoms with Crippen molar-refractivity contribution in [3.05, 3.63) is 158 Å². The fraction of sp³-hybridized carbons (Fsp3) is 0.406. The van der Waals surface area contributed by atoms with Crippen LogP contribution in [0, 0.1) is 9.06 Å². The third-order valence-electron chi connectivity index (χ3n) is 14.6. The van der Waals surface area contributed by atoms with Gasteiger partial charge in [-0.25, -0.2) is 0 Å². The Morgan fingerprint density at radius 3 is 0.886 bits per heavy atom. The summed E-state index contributed by atoms with van der Waals surface area (Å²) < 4.78 is 3.09. The van der Waals surface area contributed by atoms with E-state index in [-0.39, 0.29) is 68.8 Å².